The Labute approximate surface area is 169 Å². The summed E-state index contributed by atoms with van der Waals surface area (Å²) < 4.78 is 13.1. The number of benzene rings is 3. The molecule has 0 fully saturated rings. The predicted molar refractivity (Wildman–Crippen MR) is 113 cm³/mol. The molecule has 0 aliphatic heterocycles. The van der Waals surface area contributed by atoms with Crippen molar-refractivity contribution in [1.29, 1.82) is 0 Å². The van der Waals surface area contributed by atoms with E-state index in [0.29, 0.717) is 19.7 Å². The molecule has 0 aliphatic rings. The molecule has 1 heterocycles. The van der Waals surface area contributed by atoms with Crippen LogP contribution in [-0.2, 0) is 22.6 Å². The number of aromatic nitrogens is 2. The fourth-order valence-electron chi connectivity index (χ4n) is 3.44. The van der Waals surface area contributed by atoms with Crippen LogP contribution in [0.5, 0.6) is 5.75 Å². The number of hydrogen-bond acceptors (Lipinski definition) is 4. The van der Waals surface area contributed by atoms with Gasteiger partial charge in [0, 0.05) is 12.5 Å². The van der Waals surface area contributed by atoms with E-state index in [0.717, 1.165) is 33.4 Å². The summed E-state index contributed by atoms with van der Waals surface area (Å²) in [7, 11) is 1.50. The van der Waals surface area contributed by atoms with Gasteiger partial charge in [-0.05, 0) is 23.6 Å². The minimum absolute atomic E-state index is 0.0322. The molecule has 29 heavy (non-hydrogen) atoms. The Hall–Kier alpha value is -3.38. The molecule has 6 nitrogen and oxygen atoms in total. The topological polar surface area (TPSA) is 65.4 Å². The number of para-hydroxylation sites is 2. The van der Waals surface area contributed by atoms with Crippen LogP contribution in [0.4, 0.5) is 0 Å². The van der Waals surface area contributed by atoms with Gasteiger partial charge in [0.15, 0.2) is 0 Å². The Kier molecular flexibility index (Phi) is 5.72. The first-order valence-corrected chi connectivity index (χ1v) is 9.56. The van der Waals surface area contributed by atoms with Crippen LogP contribution >= 0.6 is 0 Å². The van der Waals surface area contributed by atoms with Crippen molar-refractivity contribution in [2.45, 2.75) is 13.1 Å². The van der Waals surface area contributed by atoms with Gasteiger partial charge in [0.25, 0.3) is 0 Å². The minimum Gasteiger partial charge on any atom is -0.491 e. The van der Waals surface area contributed by atoms with Crippen molar-refractivity contribution in [3.8, 4) is 5.75 Å². The SMILES string of the molecule is COCC(=O)NCc1nc2ccccc2n1CCOc1cccc2ccccc12. The highest BCUT2D eigenvalue weighted by molar-refractivity contribution is 5.88. The van der Waals surface area contributed by atoms with Gasteiger partial charge in [-0.2, -0.15) is 0 Å². The molecule has 0 atom stereocenters. The molecular weight excluding hydrogens is 366 g/mol. The van der Waals surface area contributed by atoms with Crippen LogP contribution in [0.2, 0.25) is 0 Å². The third-order valence-electron chi connectivity index (χ3n) is 4.77. The van der Waals surface area contributed by atoms with E-state index in [-0.39, 0.29) is 12.5 Å². The number of amides is 1. The molecule has 148 valence electrons. The molecule has 4 aromatic rings. The highest BCUT2D eigenvalue weighted by Gasteiger charge is 2.12. The van der Waals surface area contributed by atoms with Crippen LogP contribution in [0.25, 0.3) is 21.8 Å². The number of carbonyl (C=O) groups is 1. The van der Waals surface area contributed by atoms with E-state index in [2.05, 4.69) is 33.1 Å². The van der Waals surface area contributed by atoms with Crippen molar-refractivity contribution < 1.29 is 14.3 Å². The zero-order chi connectivity index (χ0) is 20.1. The second kappa shape index (κ2) is 8.75. The largest absolute Gasteiger partial charge is 0.491 e. The second-order valence-corrected chi connectivity index (χ2v) is 6.70. The van der Waals surface area contributed by atoms with E-state index in [1.165, 1.54) is 7.11 Å². The number of ether oxygens (including phenoxy) is 2. The average molecular weight is 389 g/mol. The van der Waals surface area contributed by atoms with Crippen LogP contribution in [0.15, 0.2) is 66.7 Å². The van der Waals surface area contributed by atoms with Crippen molar-refractivity contribution in [2.75, 3.05) is 20.3 Å². The Bertz CT molecular complexity index is 1130. The number of hydrogen-bond donors (Lipinski definition) is 1. The summed E-state index contributed by atoms with van der Waals surface area (Å²) in [5.74, 6) is 1.48. The van der Waals surface area contributed by atoms with Gasteiger partial charge >= 0.3 is 0 Å². The maximum Gasteiger partial charge on any atom is 0.246 e. The zero-order valence-corrected chi connectivity index (χ0v) is 16.3. The fourth-order valence-corrected chi connectivity index (χ4v) is 3.44. The summed E-state index contributed by atoms with van der Waals surface area (Å²) in [5.41, 5.74) is 1.92. The first-order chi connectivity index (χ1) is 14.3. The van der Waals surface area contributed by atoms with Gasteiger partial charge in [0.2, 0.25) is 5.91 Å². The van der Waals surface area contributed by atoms with Crippen molar-refractivity contribution in [1.82, 2.24) is 14.9 Å². The first-order valence-electron chi connectivity index (χ1n) is 9.56. The molecule has 4 rings (SSSR count). The first kappa shape index (κ1) is 19.0. The van der Waals surface area contributed by atoms with E-state index < -0.39 is 0 Å². The maximum atomic E-state index is 11.8. The number of fused-ring (bicyclic) bond motifs is 2. The van der Waals surface area contributed by atoms with Crippen molar-refractivity contribution in [3.05, 3.63) is 72.6 Å². The summed E-state index contributed by atoms with van der Waals surface area (Å²) in [6, 6.07) is 22.2. The molecule has 1 N–H and O–H groups in total. The van der Waals surface area contributed by atoms with Gasteiger partial charge in [0.1, 0.15) is 24.8 Å². The summed E-state index contributed by atoms with van der Waals surface area (Å²) in [6.07, 6.45) is 0. The third kappa shape index (κ3) is 4.22. The number of nitrogens with zero attached hydrogens (tertiary/aromatic N) is 2. The van der Waals surface area contributed by atoms with Crippen LogP contribution < -0.4 is 10.1 Å². The predicted octanol–water partition coefficient (Wildman–Crippen LogP) is 3.53. The van der Waals surface area contributed by atoms with E-state index in [4.69, 9.17) is 9.47 Å². The molecule has 0 spiro atoms. The Morgan fingerprint density at radius 1 is 1.03 bits per heavy atom. The molecule has 1 aromatic heterocycles. The number of carbonyl (C=O) groups excluding carboxylic acids is 1. The van der Waals surface area contributed by atoms with Crippen molar-refractivity contribution in [2.24, 2.45) is 0 Å². The lowest BCUT2D eigenvalue weighted by atomic mass is 10.1. The Morgan fingerprint density at radius 3 is 2.72 bits per heavy atom. The second-order valence-electron chi connectivity index (χ2n) is 6.70. The summed E-state index contributed by atoms with van der Waals surface area (Å²) in [4.78, 5) is 16.4. The van der Waals surface area contributed by atoms with Crippen LogP contribution in [0.1, 0.15) is 5.82 Å². The molecule has 0 aliphatic carbocycles. The molecule has 1 amide bonds. The van der Waals surface area contributed by atoms with Crippen LogP contribution in [0, 0.1) is 0 Å². The lowest BCUT2D eigenvalue weighted by Gasteiger charge is -2.13. The number of rotatable bonds is 8. The lowest BCUT2D eigenvalue weighted by molar-refractivity contribution is -0.124. The highest BCUT2D eigenvalue weighted by atomic mass is 16.5. The number of imidazole rings is 1. The molecule has 6 heteroatoms. The standard InChI is InChI=1S/C23H23N3O3/c1-28-16-23(27)24-15-22-25-19-10-4-5-11-20(19)26(22)13-14-29-21-12-6-8-17-7-2-3-9-18(17)21/h2-12H,13-16H2,1H3,(H,24,27). The Balaban J connectivity index is 1.52. The van der Waals surface area contributed by atoms with Crippen molar-refractivity contribution in [3.63, 3.8) is 0 Å². The van der Waals surface area contributed by atoms with E-state index in [1.54, 1.807) is 0 Å². The maximum absolute atomic E-state index is 11.8. The van der Waals surface area contributed by atoms with Gasteiger partial charge < -0.3 is 19.4 Å². The molecule has 0 saturated heterocycles. The van der Waals surface area contributed by atoms with Gasteiger partial charge in [-0.1, -0.05) is 48.5 Å². The van der Waals surface area contributed by atoms with Crippen LogP contribution in [-0.4, -0.2) is 35.8 Å². The fraction of sp³-hybridized carbons (Fsp3) is 0.217. The molecule has 0 saturated carbocycles. The summed E-state index contributed by atoms with van der Waals surface area (Å²) in [6.45, 7) is 1.49. The smallest absolute Gasteiger partial charge is 0.246 e. The normalized spacial score (nSPS) is 11.1. The van der Waals surface area contributed by atoms with Gasteiger partial charge in [-0.25, -0.2) is 4.98 Å². The summed E-state index contributed by atoms with van der Waals surface area (Å²) in [5, 5.41) is 5.09. The van der Waals surface area contributed by atoms with Gasteiger partial charge in [-0.15, -0.1) is 0 Å². The Morgan fingerprint density at radius 2 is 1.83 bits per heavy atom. The van der Waals surface area contributed by atoms with Crippen molar-refractivity contribution >= 4 is 27.7 Å². The summed E-state index contributed by atoms with van der Waals surface area (Å²) >= 11 is 0. The van der Waals surface area contributed by atoms with Gasteiger partial charge in [-0.3, -0.25) is 4.79 Å². The average Bonchev–Trinajstić information content (AvgIpc) is 3.10. The van der Waals surface area contributed by atoms with E-state index in [1.807, 2.05) is 48.5 Å². The lowest BCUT2D eigenvalue weighted by Crippen LogP contribution is -2.28. The van der Waals surface area contributed by atoms with E-state index in [9.17, 15) is 4.79 Å². The molecule has 0 radical (unpaired) electrons. The zero-order valence-electron chi connectivity index (χ0n) is 16.3. The quantitative estimate of drug-likeness (QED) is 0.501. The van der Waals surface area contributed by atoms with Gasteiger partial charge in [0.05, 0.1) is 24.1 Å². The number of methoxy groups -OCH3 is 1. The molecular formula is C23H23N3O3. The molecule has 3 aromatic carbocycles. The van der Waals surface area contributed by atoms with Crippen LogP contribution in [0.3, 0.4) is 0 Å². The monoisotopic (exact) mass is 389 g/mol. The highest BCUT2D eigenvalue weighted by Crippen LogP contribution is 2.25. The van der Waals surface area contributed by atoms with E-state index >= 15 is 0 Å². The number of nitrogens with one attached hydrogen (secondary N) is 1. The minimum atomic E-state index is -0.168. The molecule has 0 bridgehead atoms. The third-order valence-corrected chi connectivity index (χ3v) is 4.77. The molecule has 0 unspecified atom stereocenters.